The highest BCUT2D eigenvalue weighted by atomic mass is 16.4. The van der Waals surface area contributed by atoms with Crippen LogP contribution in [0.25, 0.3) is 0 Å². The Morgan fingerprint density at radius 3 is 2.84 bits per heavy atom. The Kier molecular flexibility index (Phi) is 3.85. The zero-order valence-electron chi connectivity index (χ0n) is 11.1. The van der Waals surface area contributed by atoms with E-state index in [0.717, 1.165) is 17.7 Å². The molecule has 0 radical (unpaired) electrons. The molecule has 2 atom stereocenters. The monoisotopic (exact) mass is 262 g/mol. The molecule has 0 spiro atoms. The molecule has 0 saturated carbocycles. The van der Waals surface area contributed by atoms with Crippen molar-refractivity contribution in [3.63, 3.8) is 0 Å². The van der Waals surface area contributed by atoms with Crippen LogP contribution < -0.4 is 10.2 Å². The predicted molar refractivity (Wildman–Crippen MR) is 72.2 cm³/mol. The van der Waals surface area contributed by atoms with Crippen LogP contribution in [0.5, 0.6) is 0 Å². The van der Waals surface area contributed by atoms with Crippen LogP contribution in [-0.2, 0) is 16.0 Å². The van der Waals surface area contributed by atoms with Gasteiger partial charge in [-0.1, -0.05) is 18.2 Å². The van der Waals surface area contributed by atoms with E-state index in [9.17, 15) is 9.59 Å². The second kappa shape index (κ2) is 5.40. The van der Waals surface area contributed by atoms with Crippen molar-refractivity contribution in [3.05, 3.63) is 29.8 Å². The van der Waals surface area contributed by atoms with E-state index in [2.05, 4.69) is 5.32 Å². The van der Waals surface area contributed by atoms with Crippen LogP contribution in [0.15, 0.2) is 24.3 Å². The molecule has 5 nitrogen and oxygen atoms in total. The van der Waals surface area contributed by atoms with Gasteiger partial charge in [0, 0.05) is 11.7 Å². The van der Waals surface area contributed by atoms with Gasteiger partial charge >= 0.3 is 5.97 Å². The quantitative estimate of drug-likeness (QED) is 0.850. The van der Waals surface area contributed by atoms with Gasteiger partial charge in [-0.3, -0.25) is 14.9 Å². The van der Waals surface area contributed by atoms with Gasteiger partial charge in [-0.2, -0.15) is 0 Å². The zero-order valence-corrected chi connectivity index (χ0v) is 11.1. The van der Waals surface area contributed by atoms with Crippen molar-refractivity contribution in [1.29, 1.82) is 0 Å². The molecule has 1 aromatic rings. The summed E-state index contributed by atoms with van der Waals surface area (Å²) in [4.78, 5) is 24.7. The number of benzene rings is 1. The topological polar surface area (TPSA) is 69.6 Å². The van der Waals surface area contributed by atoms with Gasteiger partial charge in [-0.15, -0.1) is 0 Å². The van der Waals surface area contributed by atoms with Crippen molar-refractivity contribution in [2.75, 3.05) is 11.4 Å². The number of fused-ring (bicyclic) bond motifs is 1. The van der Waals surface area contributed by atoms with Crippen molar-refractivity contribution in [3.8, 4) is 0 Å². The molecule has 1 aliphatic rings. The van der Waals surface area contributed by atoms with E-state index in [1.165, 1.54) is 6.92 Å². The number of rotatable bonds is 4. The first kappa shape index (κ1) is 13.5. The molecular formula is C14H18N2O3. The van der Waals surface area contributed by atoms with Crippen LogP contribution in [0.1, 0.15) is 19.4 Å². The molecule has 2 rings (SSSR count). The highest BCUT2D eigenvalue weighted by Crippen LogP contribution is 2.31. The Labute approximate surface area is 112 Å². The summed E-state index contributed by atoms with van der Waals surface area (Å²) in [6, 6.07) is 7.21. The van der Waals surface area contributed by atoms with Gasteiger partial charge in [0.25, 0.3) is 0 Å². The van der Waals surface area contributed by atoms with Gasteiger partial charge in [0.15, 0.2) is 0 Å². The fourth-order valence-corrected chi connectivity index (χ4v) is 2.36. The molecule has 0 aliphatic carbocycles. The summed E-state index contributed by atoms with van der Waals surface area (Å²) < 4.78 is 0. The molecule has 0 fully saturated rings. The second-order valence-corrected chi connectivity index (χ2v) is 4.89. The average Bonchev–Trinajstić information content (AvgIpc) is 2.71. The number of hydrogen-bond donors (Lipinski definition) is 2. The largest absolute Gasteiger partial charge is 0.480 e. The van der Waals surface area contributed by atoms with Gasteiger partial charge in [-0.05, 0) is 31.9 Å². The number of amides is 1. The van der Waals surface area contributed by atoms with Crippen molar-refractivity contribution in [2.45, 2.75) is 32.4 Å². The van der Waals surface area contributed by atoms with E-state index in [0.29, 0.717) is 0 Å². The van der Waals surface area contributed by atoms with Crippen molar-refractivity contribution >= 4 is 17.6 Å². The van der Waals surface area contributed by atoms with E-state index in [-0.39, 0.29) is 18.5 Å². The lowest BCUT2D eigenvalue weighted by Gasteiger charge is -2.23. The molecule has 0 bridgehead atoms. The third-order valence-corrected chi connectivity index (χ3v) is 3.41. The molecule has 1 heterocycles. The van der Waals surface area contributed by atoms with Crippen molar-refractivity contribution < 1.29 is 14.7 Å². The first-order chi connectivity index (χ1) is 9.00. The number of carboxylic acids is 1. The minimum atomic E-state index is -0.956. The number of aliphatic carboxylic acids is 1. The molecule has 1 amide bonds. The molecule has 0 saturated heterocycles. The second-order valence-electron chi connectivity index (χ2n) is 4.89. The maximum absolute atomic E-state index is 12.2. The van der Waals surface area contributed by atoms with E-state index in [1.54, 1.807) is 4.90 Å². The van der Waals surface area contributed by atoms with E-state index in [4.69, 9.17) is 5.11 Å². The van der Waals surface area contributed by atoms with Gasteiger partial charge < -0.3 is 10.0 Å². The van der Waals surface area contributed by atoms with Gasteiger partial charge in [0.2, 0.25) is 5.91 Å². The number of nitrogens with zero attached hydrogens (tertiary/aromatic N) is 1. The molecular weight excluding hydrogens is 244 g/mol. The van der Waals surface area contributed by atoms with Crippen molar-refractivity contribution in [1.82, 2.24) is 5.32 Å². The minimum absolute atomic E-state index is 0.0339. The molecule has 19 heavy (non-hydrogen) atoms. The lowest BCUT2D eigenvalue weighted by Crippen LogP contribution is -2.45. The number of para-hydroxylation sites is 1. The molecule has 102 valence electrons. The van der Waals surface area contributed by atoms with E-state index < -0.39 is 12.0 Å². The predicted octanol–water partition coefficient (Wildman–Crippen LogP) is 1.03. The van der Waals surface area contributed by atoms with Crippen LogP contribution in [0.2, 0.25) is 0 Å². The summed E-state index contributed by atoms with van der Waals surface area (Å²) in [7, 11) is 0. The number of carbonyl (C=O) groups excluding carboxylic acids is 1. The highest BCUT2D eigenvalue weighted by Gasteiger charge is 2.30. The van der Waals surface area contributed by atoms with Crippen LogP contribution in [0.4, 0.5) is 5.69 Å². The summed E-state index contributed by atoms with van der Waals surface area (Å²) in [5.74, 6) is -1.05. The fourth-order valence-electron chi connectivity index (χ4n) is 2.36. The molecule has 1 aromatic carbocycles. The Balaban J connectivity index is 2.06. The van der Waals surface area contributed by atoms with Crippen molar-refractivity contribution in [2.24, 2.45) is 0 Å². The standard InChI is InChI=1S/C14H18N2O3/c1-9-7-11-5-3-4-6-12(11)16(9)13(17)8-15-10(2)14(18)19/h3-6,9-10,15H,7-8H2,1-2H3,(H,18,19). The number of carboxylic acid groups (broad SMARTS) is 1. The van der Waals surface area contributed by atoms with Gasteiger partial charge in [0.1, 0.15) is 6.04 Å². The van der Waals surface area contributed by atoms with Crippen LogP contribution in [-0.4, -0.2) is 35.6 Å². The number of carbonyl (C=O) groups is 2. The summed E-state index contributed by atoms with van der Waals surface area (Å²) in [6.45, 7) is 3.56. The third kappa shape index (κ3) is 2.76. The lowest BCUT2D eigenvalue weighted by molar-refractivity contribution is -0.139. The van der Waals surface area contributed by atoms with Crippen LogP contribution in [0.3, 0.4) is 0 Å². The average molecular weight is 262 g/mol. The van der Waals surface area contributed by atoms with E-state index >= 15 is 0 Å². The number of nitrogens with one attached hydrogen (secondary N) is 1. The van der Waals surface area contributed by atoms with E-state index in [1.807, 2.05) is 31.2 Å². The number of hydrogen-bond acceptors (Lipinski definition) is 3. The maximum Gasteiger partial charge on any atom is 0.320 e. The molecule has 2 unspecified atom stereocenters. The normalized spacial score (nSPS) is 19.1. The Bertz CT molecular complexity index is 501. The first-order valence-corrected chi connectivity index (χ1v) is 6.37. The van der Waals surface area contributed by atoms with Crippen LogP contribution in [0, 0.1) is 0 Å². The Morgan fingerprint density at radius 1 is 1.47 bits per heavy atom. The molecule has 0 aromatic heterocycles. The summed E-state index contributed by atoms with van der Waals surface area (Å²) >= 11 is 0. The van der Waals surface area contributed by atoms with Gasteiger partial charge in [0.05, 0.1) is 6.54 Å². The summed E-state index contributed by atoms with van der Waals surface area (Å²) in [5, 5.41) is 11.5. The number of anilines is 1. The molecule has 2 N–H and O–H groups in total. The Morgan fingerprint density at radius 2 is 2.16 bits per heavy atom. The smallest absolute Gasteiger partial charge is 0.320 e. The fraction of sp³-hybridized carbons (Fsp3) is 0.429. The summed E-state index contributed by atoms with van der Waals surface area (Å²) in [6.07, 6.45) is 0.844. The Hall–Kier alpha value is -1.88. The SMILES string of the molecule is CC(NCC(=O)N1c2ccccc2CC1C)C(=O)O. The molecule has 5 heteroatoms. The minimum Gasteiger partial charge on any atom is -0.480 e. The summed E-state index contributed by atoms with van der Waals surface area (Å²) in [5.41, 5.74) is 2.10. The maximum atomic E-state index is 12.2. The zero-order chi connectivity index (χ0) is 14.0. The van der Waals surface area contributed by atoms with Crippen LogP contribution >= 0.6 is 0 Å². The lowest BCUT2D eigenvalue weighted by atomic mass is 10.1. The third-order valence-electron chi connectivity index (χ3n) is 3.41. The highest BCUT2D eigenvalue weighted by molar-refractivity contribution is 5.97. The first-order valence-electron chi connectivity index (χ1n) is 6.37. The molecule has 1 aliphatic heterocycles. The van der Waals surface area contributed by atoms with Gasteiger partial charge in [-0.25, -0.2) is 0 Å².